The number of nitrogens with zero attached hydrogens (tertiary/aromatic N) is 1. The lowest BCUT2D eigenvalue weighted by Crippen LogP contribution is -2.20. The van der Waals surface area contributed by atoms with Crippen molar-refractivity contribution in [3.8, 4) is 0 Å². The molecule has 1 aromatic heterocycles. The van der Waals surface area contributed by atoms with Gasteiger partial charge in [-0.1, -0.05) is 24.3 Å². The average molecular weight is 287 g/mol. The van der Waals surface area contributed by atoms with Crippen LogP contribution in [0.5, 0.6) is 0 Å². The van der Waals surface area contributed by atoms with Crippen molar-refractivity contribution >= 4 is 12.2 Å². The summed E-state index contributed by atoms with van der Waals surface area (Å²) in [5.41, 5.74) is 9.89. The van der Waals surface area contributed by atoms with Gasteiger partial charge in [-0.15, -0.1) is 0 Å². The molecule has 1 atom stereocenters. The minimum atomic E-state index is 0.483. The van der Waals surface area contributed by atoms with Gasteiger partial charge in [-0.05, 0) is 62.0 Å². The van der Waals surface area contributed by atoms with Crippen LogP contribution in [0.15, 0.2) is 30.5 Å². The van der Waals surface area contributed by atoms with E-state index in [-0.39, 0.29) is 0 Å². The molecular weight excluding hydrogens is 266 g/mol. The minimum Gasteiger partial charge on any atom is -0.337 e. The summed E-state index contributed by atoms with van der Waals surface area (Å²) in [6.45, 7) is 0.728. The first-order chi connectivity index (χ1) is 9.79. The lowest BCUT2D eigenvalue weighted by atomic mass is 9.88. The summed E-state index contributed by atoms with van der Waals surface area (Å²) >= 11 is 5.48. The highest BCUT2D eigenvalue weighted by molar-refractivity contribution is 7.71. The van der Waals surface area contributed by atoms with E-state index < -0.39 is 0 Å². The molecule has 4 heteroatoms. The van der Waals surface area contributed by atoms with Crippen LogP contribution in [-0.4, -0.2) is 16.1 Å². The van der Waals surface area contributed by atoms with E-state index in [1.165, 1.54) is 23.2 Å². The lowest BCUT2D eigenvalue weighted by molar-refractivity contribution is 0.425. The summed E-state index contributed by atoms with van der Waals surface area (Å²) in [7, 11) is 0. The smallest absolute Gasteiger partial charge is 0.177 e. The SMILES string of the molecule is NCCCc1c[nH]c(=S)n1C1CCc2ccccc2C1. The molecule has 1 heterocycles. The second-order valence-electron chi connectivity index (χ2n) is 5.51. The number of nitrogens with one attached hydrogen (secondary N) is 1. The Hall–Kier alpha value is -1.39. The highest BCUT2D eigenvalue weighted by Gasteiger charge is 2.21. The van der Waals surface area contributed by atoms with Gasteiger partial charge in [0.1, 0.15) is 0 Å². The van der Waals surface area contributed by atoms with Crippen LogP contribution < -0.4 is 5.73 Å². The molecule has 1 aliphatic carbocycles. The van der Waals surface area contributed by atoms with Gasteiger partial charge in [0.15, 0.2) is 4.77 Å². The number of fused-ring (bicyclic) bond motifs is 1. The molecule has 3 rings (SSSR count). The Balaban J connectivity index is 1.88. The maximum Gasteiger partial charge on any atom is 0.177 e. The van der Waals surface area contributed by atoms with Crippen molar-refractivity contribution < 1.29 is 0 Å². The summed E-state index contributed by atoms with van der Waals surface area (Å²) < 4.78 is 3.17. The normalized spacial score (nSPS) is 17.9. The van der Waals surface area contributed by atoms with Crippen molar-refractivity contribution in [2.75, 3.05) is 6.54 Å². The van der Waals surface area contributed by atoms with E-state index in [9.17, 15) is 0 Å². The molecule has 3 N–H and O–H groups in total. The van der Waals surface area contributed by atoms with Crippen molar-refractivity contribution in [1.82, 2.24) is 9.55 Å². The molecule has 0 aliphatic heterocycles. The van der Waals surface area contributed by atoms with Crippen LogP contribution in [0.2, 0.25) is 0 Å². The molecule has 0 fully saturated rings. The first-order valence-electron chi connectivity index (χ1n) is 7.35. The Morgan fingerprint density at radius 3 is 2.90 bits per heavy atom. The number of nitrogens with two attached hydrogens (primary N) is 1. The van der Waals surface area contributed by atoms with Crippen LogP contribution in [0, 0.1) is 4.77 Å². The van der Waals surface area contributed by atoms with E-state index in [1.54, 1.807) is 0 Å². The van der Waals surface area contributed by atoms with Crippen LogP contribution in [0.3, 0.4) is 0 Å². The van der Waals surface area contributed by atoms with Gasteiger partial charge in [0, 0.05) is 17.9 Å². The summed E-state index contributed by atoms with van der Waals surface area (Å²) in [6.07, 6.45) is 7.46. The van der Waals surface area contributed by atoms with Gasteiger partial charge in [0.05, 0.1) is 0 Å². The predicted octanol–water partition coefficient (Wildman–Crippen LogP) is 3.17. The van der Waals surface area contributed by atoms with Crippen molar-refractivity contribution in [1.29, 1.82) is 0 Å². The molecule has 1 unspecified atom stereocenters. The fraction of sp³-hybridized carbons (Fsp3) is 0.438. The van der Waals surface area contributed by atoms with Crippen LogP contribution in [0.4, 0.5) is 0 Å². The topological polar surface area (TPSA) is 46.7 Å². The maximum absolute atomic E-state index is 5.63. The molecule has 106 valence electrons. The van der Waals surface area contributed by atoms with Crippen molar-refractivity contribution in [2.24, 2.45) is 5.73 Å². The Morgan fingerprint density at radius 2 is 2.10 bits per heavy atom. The maximum atomic E-state index is 5.63. The fourth-order valence-corrected chi connectivity index (χ4v) is 3.51. The minimum absolute atomic E-state index is 0.483. The number of aromatic amines is 1. The Kier molecular flexibility index (Phi) is 4.03. The second kappa shape index (κ2) is 5.94. The molecule has 0 saturated carbocycles. The van der Waals surface area contributed by atoms with Crippen molar-refractivity contribution in [3.63, 3.8) is 0 Å². The number of hydrogen-bond acceptors (Lipinski definition) is 2. The highest BCUT2D eigenvalue weighted by atomic mass is 32.1. The van der Waals surface area contributed by atoms with Gasteiger partial charge in [0.25, 0.3) is 0 Å². The van der Waals surface area contributed by atoms with Gasteiger partial charge in [-0.25, -0.2) is 0 Å². The molecule has 0 radical (unpaired) electrons. The molecule has 1 aliphatic rings. The molecule has 1 aromatic carbocycles. The third kappa shape index (κ3) is 2.58. The molecule has 2 aromatic rings. The third-order valence-electron chi connectivity index (χ3n) is 4.21. The van der Waals surface area contributed by atoms with Gasteiger partial charge in [-0.2, -0.15) is 0 Å². The molecule has 3 nitrogen and oxygen atoms in total. The number of H-pyrrole nitrogens is 1. The van der Waals surface area contributed by atoms with Gasteiger partial charge in [-0.3, -0.25) is 0 Å². The summed E-state index contributed by atoms with van der Waals surface area (Å²) in [6, 6.07) is 9.24. The monoisotopic (exact) mass is 287 g/mol. The van der Waals surface area contributed by atoms with Gasteiger partial charge >= 0.3 is 0 Å². The first kappa shape index (κ1) is 13.6. The fourth-order valence-electron chi connectivity index (χ4n) is 3.19. The molecular formula is C16H21N3S. The van der Waals surface area contributed by atoms with E-state index in [1.807, 2.05) is 0 Å². The third-order valence-corrected chi connectivity index (χ3v) is 4.53. The summed E-state index contributed by atoms with van der Waals surface area (Å²) in [4.78, 5) is 3.20. The zero-order valence-electron chi connectivity index (χ0n) is 11.6. The molecule has 0 saturated heterocycles. The number of imidazole rings is 1. The van der Waals surface area contributed by atoms with Gasteiger partial charge in [0.2, 0.25) is 0 Å². The highest BCUT2D eigenvalue weighted by Crippen LogP contribution is 2.30. The van der Waals surface area contributed by atoms with Crippen LogP contribution in [0.1, 0.15) is 35.7 Å². The average Bonchev–Trinajstić information content (AvgIpc) is 2.85. The Bertz CT molecular complexity index is 641. The van der Waals surface area contributed by atoms with E-state index in [2.05, 4.69) is 40.0 Å². The zero-order valence-corrected chi connectivity index (χ0v) is 12.5. The van der Waals surface area contributed by atoms with Gasteiger partial charge < -0.3 is 15.3 Å². The van der Waals surface area contributed by atoms with E-state index in [4.69, 9.17) is 18.0 Å². The summed E-state index contributed by atoms with van der Waals surface area (Å²) in [5, 5.41) is 0. The van der Waals surface area contributed by atoms with Crippen LogP contribution in [-0.2, 0) is 19.3 Å². The number of aryl methyl sites for hydroxylation is 2. The Labute approximate surface area is 124 Å². The zero-order chi connectivity index (χ0) is 13.9. The standard InChI is InChI=1S/C16H21N3S/c17-9-3-6-15-11-18-16(20)19(15)14-8-7-12-4-1-2-5-13(12)10-14/h1-2,4-5,11,14H,3,6-10,17H2,(H,18,20). The molecule has 0 spiro atoms. The first-order valence-corrected chi connectivity index (χ1v) is 7.76. The van der Waals surface area contributed by atoms with Crippen LogP contribution in [0.25, 0.3) is 0 Å². The second-order valence-corrected chi connectivity index (χ2v) is 5.90. The predicted molar refractivity (Wildman–Crippen MR) is 84.5 cm³/mol. The van der Waals surface area contributed by atoms with E-state index >= 15 is 0 Å². The quantitative estimate of drug-likeness (QED) is 0.849. The number of hydrogen-bond donors (Lipinski definition) is 2. The van der Waals surface area contributed by atoms with E-state index in [0.29, 0.717) is 6.04 Å². The molecule has 0 bridgehead atoms. The van der Waals surface area contributed by atoms with E-state index in [0.717, 1.165) is 37.0 Å². The molecule has 0 amide bonds. The number of rotatable bonds is 4. The summed E-state index contributed by atoms with van der Waals surface area (Å²) in [5.74, 6) is 0. The largest absolute Gasteiger partial charge is 0.337 e. The molecule has 20 heavy (non-hydrogen) atoms. The number of aromatic nitrogens is 2. The number of benzene rings is 1. The van der Waals surface area contributed by atoms with Crippen LogP contribution >= 0.6 is 12.2 Å². The Morgan fingerprint density at radius 1 is 1.30 bits per heavy atom. The van der Waals surface area contributed by atoms with Crippen molar-refractivity contribution in [3.05, 3.63) is 52.1 Å². The van der Waals surface area contributed by atoms with Crippen molar-refractivity contribution in [2.45, 2.75) is 38.1 Å². The lowest BCUT2D eigenvalue weighted by Gasteiger charge is -2.27.